The minimum Gasteiger partial charge on any atom is -0.273 e. The molecule has 3 nitrogen and oxygen atoms in total. The van der Waals surface area contributed by atoms with Gasteiger partial charge in [0.1, 0.15) is 5.82 Å². The van der Waals surface area contributed by atoms with Crippen molar-refractivity contribution in [3.63, 3.8) is 0 Å². The molecule has 5 heteroatoms. The Morgan fingerprint density at radius 3 is 2.58 bits per heavy atom. The molecule has 0 bridgehead atoms. The molecule has 1 aromatic rings. The van der Waals surface area contributed by atoms with Gasteiger partial charge in [-0.05, 0) is 30.5 Å². The van der Waals surface area contributed by atoms with Gasteiger partial charge in [-0.25, -0.2) is 4.39 Å². The van der Waals surface area contributed by atoms with Crippen LogP contribution in [-0.4, -0.2) is 27.8 Å². The summed E-state index contributed by atoms with van der Waals surface area (Å²) in [4.78, 5) is 25.2. The summed E-state index contributed by atoms with van der Waals surface area (Å²) in [6, 6.07) is 6.05. The second-order valence-electron chi connectivity index (χ2n) is 4.55. The molecule has 0 aromatic heterocycles. The van der Waals surface area contributed by atoms with Crippen LogP contribution in [0, 0.1) is 5.82 Å². The number of carbonyl (C=O) groups excluding carboxylic acids is 2. The second kappa shape index (κ2) is 6.19. The third-order valence-electron chi connectivity index (χ3n) is 3.07. The number of hydrogen-bond acceptors (Lipinski definition) is 3. The quantitative estimate of drug-likeness (QED) is 0.831. The molecule has 1 aromatic carbocycles. The largest absolute Gasteiger partial charge is 0.289 e. The fourth-order valence-electron chi connectivity index (χ4n) is 1.98. The van der Waals surface area contributed by atoms with Crippen LogP contribution in [0.1, 0.15) is 25.3 Å². The van der Waals surface area contributed by atoms with E-state index in [2.05, 4.69) is 0 Å². The Labute approximate surface area is 116 Å². The van der Waals surface area contributed by atoms with Crippen molar-refractivity contribution < 1.29 is 14.0 Å². The zero-order chi connectivity index (χ0) is 13.8. The van der Waals surface area contributed by atoms with Gasteiger partial charge in [-0.1, -0.05) is 37.2 Å². The van der Waals surface area contributed by atoms with Gasteiger partial charge in [0.05, 0.1) is 5.25 Å². The highest BCUT2D eigenvalue weighted by Crippen LogP contribution is 2.29. The molecule has 0 saturated carbocycles. The molecule has 1 aliphatic rings. The fraction of sp³-hybridized carbons (Fsp3) is 0.429. The Bertz CT molecular complexity index is 475. The van der Waals surface area contributed by atoms with E-state index in [1.54, 1.807) is 12.1 Å². The zero-order valence-electron chi connectivity index (χ0n) is 10.8. The predicted molar refractivity (Wildman–Crippen MR) is 73.5 cm³/mol. The maximum Gasteiger partial charge on any atom is 0.289 e. The predicted octanol–water partition coefficient (Wildman–Crippen LogP) is 3.23. The summed E-state index contributed by atoms with van der Waals surface area (Å²) < 4.78 is 12.8. The lowest BCUT2D eigenvalue weighted by molar-refractivity contribution is -0.126. The summed E-state index contributed by atoms with van der Waals surface area (Å²) in [5, 5.41) is -0.527. The highest BCUT2D eigenvalue weighted by atomic mass is 32.2. The average molecular weight is 281 g/mol. The Morgan fingerprint density at radius 2 is 1.95 bits per heavy atom. The molecule has 0 spiro atoms. The molecule has 1 saturated heterocycles. The normalized spacial score (nSPS) is 19.3. The molecular weight excluding hydrogens is 265 g/mol. The summed E-state index contributed by atoms with van der Waals surface area (Å²) in [6.07, 6.45) is 2.25. The Balaban J connectivity index is 2.00. The van der Waals surface area contributed by atoms with Crippen molar-refractivity contribution in [2.24, 2.45) is 0 Å². The van der Waals surface area contributed by atoms with Crippen molar-refractivity contribution in [3.05, 3.63) is 35.6 Å². The number of thioether (sulfide) groups is 1. The van der Waals surface area contributed by atoms with E-state index in [-0.39, 0.29) is 22.2 Å². The molecule has 1 fully saturated rings. The maximum atomic E-state index is 12.8. The topological polar surface area (TPSA) is 37.4 Å². The lowest BCUT2D eigenvalue weighted by Crippen LogP contribution is -2.33. The zero-order valence-corrected chi connectivity index (χ0v) is 11.6. The smallest absolute Gasteiger partial charge is 0.273 e. The summed E-state index contributed by atoms with van der Waals surface area (Å²) in [5.41, 5.74) is 0.873. The molecule has 0 aliphatic carbocycles. The van der Waals surface area contributed by atoms with E-state index in [4.69, 9.17) is 0 Å². The van der Waals surface area contributed by atoms with E-state index in [1.807, 2.05) is 6.92 Å². The van der Waals surface area contributed by atoms with Crippen LogP contribution < -0.4 is 0 Å². The van der Waals surface area contributed by atoms with E-state index in [0.717, 1.165) is 30.2 Å². The standard InChI is InChI=1S/C14H16FNO2S/c1-2-3-8-16-13(17)12(19-14(16)18)9-10-4-6-11(15)7-5-10/h4-7,12H,2-3,8-9H2,1H3/t12-/m1/s1. The first-order valence-corrected chi connectivity index (χ1v) is 7.26. The van der Waals surface area contributed by atoms with E-state index in [1.165, 1.54) is 17.0 Å². The van der Waals surface area contributed by atoms with Crippen LogP contribution in [0.2, 0.25) is 0 Å². The van der Waals surface area contributed by atoms with Crippen molar-refractivity contribution in [1.82, 2.24) is 4.90 Å². The average Bonchev–Trinajstić information content (AvgIpc) is 2.65. The molecular formula is C14H16FNO2S. The van der Waals surface area contributed by atoms with Crippen LogP contribution in [0.3, 0.4) is 0 Å². The first kappa shape index (κ1) is 14.1. The van der Waals surface area contributed by atoms with Gasteiger partial charge in [-0.3, -0.25) is 14.5 Å². The first-order valence-electron chi connectivity index (χ1n) is 6.38. The number of nitrogens with zero attached hydrogens (tertiary/aromatic N) is 1. The number of halogens is 1. The maximum absolute atomic E-state index is 12.8. The Kier molecular flexibility index (Phi) is 4.58. The Morgan fingerprint density at radius 1 is 1.26 bits per heavy atom. The van der Waals surface area contributed by atoms with Crippen LogP contribution in [-0.2, 0) is 11.2 Å². The minimum absolute atomic E-state index is 0.118. The molecule has 2 amide bonds. The number of carbonyl (C=O) groups is 2. The molecule has 0 radical (unpaired) electrons. The van der Waals surface area contributed by atoms with E-state index >= 15 is 0 Å². The molecule has 0 unspecified atom stereocenters. The molecule has 102 valence electrons. The third-order valence-corrected chi connectivity index (χ3v) is 4.15. The van der Waals surface area contributed by atoms with Gasteiger partial charge in [0.15, 0.2) is 0 Å². The van der Waals surface area contributed by atoms with E-state index in [9.17, 15) is 14.0 Å². The van der Waals surface area contributed by atoms with Gasteiger partial charge in [0.25, 0.3) is 5.24 Å². The van der Waals surface area contributed by atoms with Gasteiger partial charge >= 0.3 is 0 Å². The van der Waals surface area contributed by atoms with Crippen molar-refractivity contribution in [2.75, 3.05) is 6.54 Å². The summed E-state index contributed by atoms with van der Waals surface area (Å²) in [7, 11) is 0. The van der Waals surface area contributed by atoms with Gasteiger partial charge in [-0.2, -0.15) is 0 Å². The lowest BCUT2D eigenvalue weighted by atomic mass is 10.1. The van der Waals surface area contributed by atoms with E-state index < -0.39 is 0 Å². The lowest BCUT2D eigenvalue weighted by Gasteiger charge is -2.12. The number of imide groups is 1. The summed E-state index contributed by atoms with van der Waals surface area (Å²) in [5.74, 6) is -0.414. The van der Waals surface area contributed by atoms with Gasteiger partial charge < -0.3 is 0 Å². The number of hydrogen-bond donors (Lipinski definition) is 0. The molecule has 1 aliphatic heterocycles. The molecule has 0 N–H and O–H groups in total. The molecule has 1 heterocycles. The second-order valence-corrected chi connectivity index (χ2v) is 5.70. The van der Waals surface area contributed by atoms with Gasteiger partial charge in [0, 0.05) is 6.54 Å². The minimum atomic E-state index is -0.366. The monoisotopic (exact) mass is 281 g/mol. The Hall–Kier alpha value is -1.36. The molecule has 2 rings (SSSR count). The number of unbranched alkanes of at least 4 members (excludes halogenated alkanes) is 1. The van der Waals surface area contributed by atoms with E-state index in [0.29, 0.717) is 13.0 Å². The SMILES string of the molecule is CCCCN1C(=O)S[C@H](Cc2ccc(F)cc2)C1=O. The number of benzene rings is 1. The van der Waals surface area contributed by atoms with Gasteiger partial charge in [-0.15, -0.1) is 0 Å². The first-order chi connectivity index (χ1) is 9.11. The highest BCUT2D eigenvalue weighted by molar-refractivity contribution is 8.15. The van der Waals surface area contributed by atoms with Crippen molar-refractivity contribution in [2.45, 2.75) is 31.4 Å². The summed E-state index contributed by atoms with van der Waals surface area (Å²) >= 11 is 1.07. The van der Waals surface area contributed by atoms with Crippen LogP contribution in [0.25, 0.3) is 0 Å². The molecule has 1 atom stereocenters. The summed E-state index contributed by atoms with van der Waals surface area (Å²) in [6.45, 7) is 2.52. The highest BCUT2D eigenvalue weighted by Gasteiger charge is 2.38. The van der Waals surface area contributed by atoms with Crippen LogP contribution >= 0.6 is 11.8 Å². The fourth-order valence-corrected chi connectivity index (χ4v) is 3.04. The van der Waals surface area contributed by atoms with Crippen molar-refractivity contribution in [3.8, 4) is 0 Å². The number of amides is 2. The molecule has 19 heavy (non-hydrogen) atoms. The van der Waals surface area contributed by atoms with Crippen molar-refractivity contribution in [1.29, 1.82) is 0 Å². The van der Waals surface area contributed by atoms with Crippen LogP contribution in [0.15, 0.2) is 24.3 Å². The third kappa shape index (κ3) is 3.35. The van der Waals surface area contributed by atoms with Gasteiger partial charge in [0.2, 0.25) is 5.91 Å². The van der Waals surface area contributed by atoms with Crippen molar-refractivity contribution >= 4 is 22.9 Å². The van der Waals surface area contributed by atoms with Crippen LogP contribution in [0.5, 0.6) is 0 Å². The number of rotatable bonds is 5. The van der Waals surface area contributed by atoms with Crippen LogP contribution in [0.4, 0.5) is 9.18 Å².